The second-order valence-electron chi connectivity index (χ2n) is 9.16. The van der Waals surface area contributed by atoms with E-state index in [1.807, 2.05) is 26.2 Å². The van der Waals surface area contributed by atoms with Gasteiger partial charge in [-0.2, -0.15) is 4.98 Å². The number of para-hydroxylation sites is 1. The number of hydrogen-bond donors (Lipinski definition) is 1. The molecule has 10 heteroatoms. The molecule has 2 aromatic heterocycles. The van der Waals surface area contributed by atoms with Crippen LogP contribution in [0.4, 0.5) is 17.5 Å². The number of anilines is 3. The standard InChI is InChI=1S/C24H30N8O2/c1-25-24-26-13-18-21(28-24)31-12-5-7-16(31)14-32(23(18)34)19-9-4-8-17-20(19)27-15-30(22(17)33)11-6-10-29(2)3/h4,8-9,13,15-16H,5-7,10-12,14H2,1-3H3,(H,25,26,28)/t16-/m0/s1. The quantitative estimate of drug-likeness (QED) is 0.592. The largest absolute Gasteiger partial charge is 0.357 e. The highest BCUT2D eigenvalue weighted by molar-refractivity contribution is 6.13. The summed E-state index contributed by atoms with van der Waals surface area (Å²) in [6.45, 7) is 2.85. The lowest BCUT2D eigenvalue weighted by Crippen LogP contribution is -2.40. The molecule has 2 aliphatic rings. The van der Waals surface area contributed by atoms with Gasteiger partial charge in [-0.1, -0.05) is 6.07 Å². The maximum atomic E-state index is 13.8. The molecule has 0 aliphatic carbocycles. The summed E-state index contributed by atoms with van der Waals surface area (Å²) in [5.74, 6) is 0.995. The fraction of sp³-hybridized carbons (Fsp3) is 0.458. The van der Waals surface area contributed by atoms with Gasteiger partial charge < -0.3 is 20.0 Å². The molecule has 1 fully saturated rings. The van der Waals surface area contributed by atoms with Crippen LogP contribution in [-0.2, 0) is 6.54 Å². The van der Waals surface area contributed by atoms with Crippen molar-refractivity contribution >= 4 is 34.3 Å². The molecule has 3 aromatic rings. The fourth-order valence-corrected chi connectivity index (χ4v) is 4.92. The molecule has 0 unspecified atom stereocenters. The smallest absolute Gasteiger partial charge is 0.263 e. The molecule has 2 aliphatic heterocycles. The maximum Gasteiger partial charge on any atom is 0.263 e. The van der Waals surface area contributed by atoms with Gasteiger partial charge in [0.05, 0.1) is 17.4 Å². The van der Waals surface area contributed by atoms with Crippen LogP contribution in [0.3, 0.4) is 0 Å². The highest BCUT2D eigenvalue weighted by Crippen LogP contribution is 2.35. The molecule has 0 spiro atoms. The lowest BCUT2D eigenvalue weighted by molar-refractivity contribution is 0.0988. The molecule has 1 aromatic carbocycles. The third-order valence-corrected chi connectivity index (χ3v) is 6.64. The number of fused-ring (bicyclic) bond motifs is 4. The van der Waals surface area contributed by atoms with Gasteiger partial charge in [0.15, 0.2) is 0 Å². The zero-order chi connectivity index (χ0) is 23.8. The van der Waals surface area contributed by atoms with Crippen molar-refractivity contribution in [1.29, 1.82) is 0 Å². The number of hydrogen-bond acceptors (Lipinski definition) is 8. The molecule has 10 nitrogen and oxygen atoms in total. The Bertz CT molecular complexity index is 1290. The van der Waals surface area contributed by atoms with Gasteiger partial charge in [-0.25, -0.2) is 9.97 Å². The summed E-state index contributed by atoms with van der Waals surface area (Å²) in [4.78, 5) is 46.6. The summed E-state index contributed by atoms with van der Waals surface area (Å²) in [7, 11) is 5.79. The normalized spacial score (nSPS) is 17.8. The first-order valence-electron chi connectivity index (χ1n) is 11.7. The van der Waals surface area contributed by atoms with E-state index in [-0.39, 0.29) is 17.5 Å². The Hall–Kier alpha value is -3.53. The molecule has 1 N–H and O–H groups in total. The maximum absolute atomic E-state index is 13.8. The summed E-state index contributed by atoms with van der Waals surface area (Å²) < 4.78 is 1.65. The lowest BCUT2D eigenvalue weighted by Gasteiger charge is -2.27. The van der Waals surface area contributed by atoms with Crippen molar-refractivity contribution < 1.29 is 4.79 Å². The Morgan fingerprint density at radius 3 is 2.85 bits per heavy atom. The van der Waals surface area contributed by atoms with Crippen molar-refractivity contribution in [2.75, 3.05) is 55.9 Å². The van der Waals surface area contributed by atoms with Gasteiger partial charge in [0.2, 0.25) is 5.95 Å². The summed E-state index contributed by atoms with van der Waals surface area (Å²) in [6, 6.07) is 5.64. The lowest BCUT2D eigenvalue weighted by atomic mass is 10.1. The Kier molecular flexibility index (Phi) is 5.91. The fourth-order valence-electron chi connectivity index (χ4n) is 4.92. The summed E-state index contributed by atoms with van der Waals surface area (Å²) in [5.41, 5.74) is 1.58. The van der Waals surface area contributed by atoms with Crippen LogP contribution in [0, 0.1) is 0 Å². The number of aryl methyl sites for hydroxylation is 1. The minimum Gasteiger partial charge on any atom is -0.357 e. The number of carbonyl (C=O) groups excluding carboxylic acids is 1. The number of nitrogens with one attached hydrogen (secondary N) is 1. The number of carbonyl (C=O) groups is 1. The Morgan fingerprint density at radius 2 is 2.06 bits per heavy atom. The van der Waals surface area contributed by atoms with Crippen LogP contribution < -0.4 is 20.7 Å². The topological polar surface area (TPSA) is 99.5 Å². The zero-order valence-electron chi connectivity index (χ0n) is 19.9. The highest BCUT2D eigenvalue weighted by Gasteiger charge is 2.38. The van der Waals surface area contributed by atoms with E-state index < -0.39 is 0 Å². The van der Waals surface area contributed by atoms with Crippen LogP contribution in [-0.4, -0.2) is 77.1 Å². The van der Waals surface area contributed by atoms with Crippen molar-refractivity contribution in [3.8, 4) is 0 Å². The molecule has 0 bridgehead atoms. The van der Waals surface area contributed by atoms with Crippen molar-refractivity contribution in [3.63, 3.8) is 0 Å². The number of aromatic nitrogens is 4. The van der Waals surface area contributed by atoms with E-state index in [4.69, 9.17) is 0 Å². The minimum atomic E-state index is -0.170. The van der Waals surface area contributed by atoms with Crippen LogP contribution in [0.2, 0.25) is 0 Å². The van der Waals surface area contributed by atoms with Crippen LogP contribution in [0.25, 0.3) is 10.9 Å². The van der Waals surface area contributed by atoms with E-state index in [1.54, 1.807) is 35.1 Å². The van der Waals surface area contributed by atoms with Gasteiger partial charge in [-0.05, 0) is 52.0 Å². The molecular weight excluding hydrogens is 432 g/mol. The van der Waals surface area contributed by atoms with Gasteiger partial charge >= 0.3 is 0 Å². The van der Waals surface area contributed by atoms with Crippen molar-refractivity contribution in [2.24, 2.45) is 0 Å². The van der Waals surface area contributed by atoms with E-state index >= 15 is 0 Å². The third-order valence-electron chi connectivity index (χ3n) is 6.64. The molecule has 1 atom stereocenters. The molecule has 5 rings (SSSR count). The van der Waals surface area contributed by atoms with Gasteiger partial charge in [-0.3, -0.25) is 14.2 Å². The Balaban J connectivity index is 1.57. The molecule has 34 heavy (non-hydrogen) atoms. The van der Waals surface area contributed by atoms with E-state index in [0.29, 0.717) is 47.0 Å². The van der Waals surface area contributed by atoms with Gasteiger partial charge in [0, 0.05) is 38.9 Å². The highest BCUT2D eigenvalue weighted by atomic mass is 16.2. The first-order valence-corrected chi connectivity index (χ1v) is 11.7. The minimum absolute atomic E-state index is 0.0854. The molecule has 0 radical (unpaired) electrons. The van der Waals surface area contributed by atoms with Gasteiger partial charge in [0.1, 0.15) is 16.9 Å². The van der Waals surface area contributed by atoms with Crippen LogP contribution >= 0.6 is 0 Å². The SMILES string of the molecule is CNc1ncc2c(n1)N1CCC[C@H]1CN(c1cccc3c(=O)n(CCCN(C)C)cnc13)C2=O. The number of amides is 1. The monoisotopic (exact) mass is 462 g/mol. The van der Waals surface area contributed by atoms with E-state index in [2.05, 4.69) is 30.1 Å². The average molecular weight is 463 g/mol. The molecule has 178 valence electrons. The van der Waals surface area contributed by atoms with Gasteiger partial charge in [-0.15, -0.1) is 0 Å². The number of nitrogens with zero attached hydrogens (tertiary/aromatic N) is 7. The van der Waals surface area contributed by atoms with Crippen LogP contribution in [0.1, 0.15) is 29.6 Å². The predicted molar refractivity (Wildman–Crippen MR) is 133 cm³/mol. The predicted octanol–water partition coefficient (Wildman–Crippen LogP) is 1.81. The molecular formula is C24H30N8O2. The first kappa shape index (κ1) is 22.3. The zero-order valence-corrected chi connectivity index (χ0v) is 19.9. The molecule has 1 amide bonds. The second-order valence-corrected chi connectivity index (χ2v) is 9.16. The number of benzene rings is 1. The van der Waals surface area contributed by atoms with Crippen molar-refractivity contribution in [2.45, 2.75) is 31.8 Å². The molecule has 0 saturated carbocycles. The average Bonchev–Trinajstić information content (AvgIpc) is 3.27. The summed E-state index contributed by atoms with van der Waals surface area (Å²) in [6.07, 6.45) is 6.06. The van der Waals surface area contributed by atoms with Crippen LogP contribution in [0.15, 0.2) is 35.5 Å². The Labute approximate surface area is 198 Å². The Morgan fingerprint density at radius 1 is 1.21 bits per heavy atom. The van der Waals surface area contributed by atoms with Crippen molar-refractivity contribution in [3.05, 3.63) is 46.6 Å². The van der Waals surface area contributed by atoms with E-state index in [1.165, 1.54) is 0 Å². The third kappa shape index (κ3) is 3.87. The van der Waals surface area contributed by atoms with E-state index in [9.17, 15) is 9.59 Å². The first-order chi connectivity index (χ1) is 16.5. The van der Waals surface area contributed by atoms with E-state index in [0.717, 1.165) is 32.4 Å². The van der Waals surface area contributed by atoms with Crippen LogP contribution in [0.5, 0.6) is 0 Å². The molecule has 4 heterocycles. The van der Waals surface area contributed by atoms with Gasteiger partial charge in [0.25, 0.3) is 11.5 Å². The second kappa shape index (κ2) is 9.02. The summed E-state index contributed by atoms with van der Waals surface area (Å²) in [5, 5.41) is 3.49. The summed E-state index contributed by atoms with van der Waals surface area (Å²) >= 11 is 0. The number of rotatable bonds is 6. The van der Waals surface area contributed by atoms with Crippen molar-refractivity contribution in [1.82, 2.24) is 24.4 Å². The molecule has 1 saturated heterocycles.